The molecule has 7 heteroatoms. The highest BCUT2D eigenvalue weighted by Crippen LogP contribution is 2.26. The van der Waals surface area contributed by atoms with Gasteiger partial charge in [-0.1, -0.05) is 30.3 Å². The van der Waals surface area contributed by atoms with E-state index in [-0.39, 0.29) is 24.3 Å². The van der Waals surface area contributed by atoms with E-state index in [1.807, 2.05) is 30.3 Å². The van der Waals surface area contributed by atoms with Gasteiger partial charge in [0, 0.05) is 37.3 Å². The van der Waals surface area contributed by atoms with Gasteiger partial charge in [-0.15, -0.1) is 0 Å². The minimum absolute atomic E-state index is 0.00360. The second-order valence-electron chi connectivity index (χ2n) is 6.44. The van der Waals surface area contributed by atoms with Crippen molar-refractivity contribution in [2.75, 3.05) is 19.8 Å². The molecule has 1 saturated heterocycles. The number of hydrogen-bond donors (Lipinski definition) is 1. The van der Waals surface area contributed by atoms with Crippen LogP contribution in [0, 0.1) is 10.1 Å². The molecule has 1 fully saturated rings. The predicted molar refractivity (Wildman–Crippen MR) is 99.8 cm³/mol. The molecule has 1 heterocycles. The number of hydrogen-bond acceptors (Lipinski definition) is 5. The molecule has 1 aliphatic heterocycles. The van der Waals surface area contributed by atoms with Gasteiger partial charge in [0.1, 0.15) is 5.75 Å². The first-order chi connectivity index (χ1) is 13.1. The minimum Gasteiger partial charge on any atom is -0.483 e. The van der Waals surface area contributed by atoms with Crippen LogP contribution in [0.3, 0.4) is 0 Å². The number of non-ortho nitro benzene ring substituents is 1. The van der Waals surface area contributed by atoms with Gasteiger partial charge in [-0.05, 0) is 24.5 Å². The van der Waals surface area contributed by atoms with Crippen LogP contribution in [0.1, 0.15) is 24.0 Å². The highest BCUT2D eigenvalue weighted by molar-refractivity contribution is 5.77. The first-order valence-corrected chi connectivity index (χ1v) is 8.94. The number of nitrogens with one attached hydrogen (secondary N) is 1. The Morgan fingerprint density at radius 2 is 2.07 bits per heavy atom. The van der Waals surface area contributed by atoms with Crippen LogP contribution in [0.15, 0.2) is 48.5 Å². The Bertz CT molecular complexity index is 788. The van der Waals surface area contributed by atoms with Crippen molar-refractivity contribution in [1.82, 2.24) is 5.32 Å². The van der Waals surface area contributed by atoms with E-state index in [1.54, 1.807) is 6.07 Å². The van der Waals surface area contributed by atoms with Gasteiger partial charge >= 0.3 is 0 Å². The predicted octanol–water partition coefficient (Wildman–Crippen LogP) is 2.86. The third kappa shape index (κ3) is 5.52. The largest absolute Gasteiger partial charge is 0.483 e. The Hall–Kier alpha value is -2.93. The van der Waals surface area contributed by atoms with Gasteiger partial charge in [-0.3, -0.25) is 14.9 Å². The molecular formula is C20H22N2O5. The summed E-state index contributed by atoms with van der Waals surface area (Å²) in [6.45, 7) is 1.06. The molecule has 7 nitrogen and oxygen atoms in total. The Balaban J connectivity index is 1.64. The molecule has 2 aromatic rings. The molecule has 1 amide bonds. The standard InChI is InChI=1S/C20H22N2O5/c23-20(21-13-18-7-4-10-26-18)14-27-19-9-8-17(22(24)25)12-16(19)11-15-5-2-1-3-6-15/h1-3,5-6,8-9,12,18H,4,7,10-11,13-14H2,(H,21,23). The number of amides is 1. The molecule has 0 aliphatic carbocycles. The summed E-state index contributed by atoms with van der Waals surface area (Å²) in [5, 5.41) is 13.9. The summed E-state index contributed by atoms with van der Waals surface area (Å²) in [5.41, 5.74) is 1.67. The van der Waals surface area contributed by atoms with Crippen molar-refractivity contribution in [3.05, 3.63) is 69.8 Å². The molecular weight excluding hydrogens is 348 g/mol. The van der Waals surface area contributed by atoms with Crippen LogP contribution >= 0.6 is 0 Å². The smallest absolute Gasteiger partial charge is 0.269 e. The maximum Gasteiger partial charge on any atom is 0.269 e. The Morgan fingerprint density at radius 3 is 2.78 bits per heavy atom. The molecule has 1 aliphatic rings. The molecule has 2 aromatic carbocycles. The Morgan fingerprint density at radius 1 is 1.26 bits per heavy atom. The summed E-state index contributed by atoms with van der Waals surface area (Å²) in [5.74, 6) is 0.228. The van der Waals surface area contributed by atoms with Gasteiger partial charge < -0.3 is 14.8 Å². The second-order valence-corrected chi connectivity index (χ2v) is 6.44. The maximum absolute atomic E-state index is 12.0. The summed E-state index contributed by atoms with van der Waals surface area (Å²) >= 11 is 0. The van der Waals surface area contributed by atoms with E-state index in [0.717, 1.165) is 25.0 Å². The van der Waals surface area contributed by atoms with Crippen LogP contribution in [0.25, 0.3) is 0 Å². The fraction of sp³-hybridized carbons (Fsp3) is 0.350. The number of nitro groups is 1. The molecule has 0 spiro atoms. The summed E-state index contributed by atoms with van der Waals surface area (Å²) in [4.78, 5) is 22.7. The SMILES string of the molecule is O=C(COc1ccc([N+](=O)[O-])cc1Cc1ccccc1)NCC1CCCO1. The van der Waals surface area contributed by atoms with E-state index in [2.05, 4.69) is 5.32 Å². The first-order valence-electron chi connectivity index (χ1n) is 8.94. The van der Waals surface area contributed by atoms with Crippen LogP contribution in [0.2, 0.25) is 0 Å². The Labute approximate surface area is 157 Å². The quantitative estimate of drug-likeness (QED) is 0.570. The van der Waals surface area contributed by atoms with Crippen molar-refractivity contribution in [3.63, 3.8) is 0 Å². The number of nitrogens with zero attached hydrogens (tertiary/aromatic N) is 1. The third-order valence-corrected chi connectivity index (χ3v) is 4.40. The number of carbonyl (C=O) groups excluding carboxylic acids is 1. The summed E-state index contributed by atoms with van der Waals surface area (Å²) in [6.07, 6.45) is 2.52. The van der Waals surface area contributed by atoms with E-state index in [9.17, 15) is 14.9 Å². The maximum atomic E-state index is 12.0. The molecule has 1 unspecified atom stereocenters. The van der Waals surface area contributed by atoms with Crippen LogP contribution < -0.4 is 10.1 Å². The monoisotopic (exact) mass is 370 g/mol. The lowest BCUT2D eigenvalue weighted by Crippen LogP contribution is -2.35. The zero-order valence-corrected chi connectivity index (χ0v) is 14.9. The van der Waals surface area contributed by atoms with Gasteiger partial charge in [0.15, 0.2) is 6.61 Å². The molecule has 1 atom stereocenters. The lowest BCUT2D eigenvalue weighted by atomic mass is 10.0. The normalized spacial score (nSPS) is 16.1. The highest BCUT2D eigenvalue weighted by Gasteiger charge is 2.17. The van der Waals surface area contributed by atoms with Crippen LogP contribution in [0.4, 0.5) is 5.69 Å². The third-order valence-electron chi connectivity index (χ3n) is 4.40. The van der Waals surface area contributed by atoms with E-state index in [0.29, 0.717) is 24.3 Å². The fourth-order valence-electron chi connectivity index (χ4n) is 3.00. The van der Waals surface area contributed by atoms with Crippen LogP contribution in [-0.4, -0.2) is 36.7 Å². The minimum atomic E-state index is -0.438. The summed E-state index contributed by atoms with van der Waals surface area (Å²) in [7, 11) is 0. The first kappa shape index (κ1) is 18.8. The number of nitro benzene ring substituents is 1. The van der Waals surface area contributed by atoms with Crippen molar-refractivity contribution in [2.24, 2.45) is 0 Å². The number of benzene rings is 2. The van der Waals surface area contributed by atoms with Crippen molar-refractivity contribution in [1.29, 1.82) is 0 Å². The van der Waals surface area contributed by atoms with Crippen molar-refractivity contribution in [2.45, 2.75) is 25.4 Å². The zero-order valence-electron chi connectivity index (χ0n) is 14.9. The van der Waals surface area contributed by atoms with Crippen molar-refractivity contribution < 1.29 is 19.2 Å². The van der Waals surface area contributed by atoms with Gasteiger partial charge in [-0.2, -0.15) is 0 Å². The summed E-state index contributed by atoms with van der Waals surface area (Å²) in [6, 6.07) is 14.0. The van der Waals surface area contributed by atoms with Gasteiger partial charge in [0.2, 0.25) is 0 Å². The summed E-state index contributed by atoms with van der Waals surface area (Å²) < 4.78 is 11.1. The van der Waals surface area contributed by atoms with Gasteiger partial charge in [-0.25, -0.2) is 0 Å². The number of rotatable bonds is 8. The Kier molecular flexibility index (Phi) is 6.38. The second kappa shape index (κ2) is 9.14. The molecule has 27 heavy (non-hydrogen) atoms. The van der Waals surface area contributed by atoms with E-state index in [4.69, 9.17) is 9.47 Å². The van der Waals surface area contributed by atoms with Crippen LogP contribution in [0.5, 0.6) is 5.75 Å². The molecule has 0 saturated carbocycles. The van der Waals surface area contributed by atoms with E-state index < -0.39 is 4.92 Å². The molecule has 142 valence electrons. The van der Waals surface area contributed by atoms with E-state index >= 15 is 0 Å². The number of ether oxygens (including phenoxy) is 2. The molecule has 1 N–H and O–H groups in total. The van der Waals surface area contributed by atoms with Crippen LogP contribution in [-0.2, 0) is 16.0 Å². The fourth-order valence-corrected chi connectivity index (χ4v) is 3.00. The number of carbonyl (C=O) groups is 1. The average Bonchev–Trinajstić information content (AvgIpc) is 3.19. The highest BCUT2D eigenvalue weighted by atomic mass is 16.6. The topological polar surface area (TPSA) is 90.7 Å². The molecule has 0 radical (unpaired) electrons. The zero-order chi connectivity index (χ0) is 19.1. The lowest BCUT2D eigenvalue weighted by molar-refractivity contribution is -0.384. The lowest BCUT2D eigenvalue weighted by Gasteiger charge is -2.13. The average molecular weight is 370 g/mol. The molecule has 3 rings (SSSR count). The van der Waals surface area contributed by atoms with Crippen molar-refractivity contribution >= 4 is 11.6 Å². The van der Waals surface area contributed by atoms with Crippen molar-refractivity contribution in [3.8, 4) is 5.75 Å². The van der Waals surface area contributed by atoms with Gasteiger partial charge in [0.05, 0.1) is 11.0 Å². The van der Waals surface area contributed by atoms with Gasteiger partial charge in [0.25, 0.3) is 11.6 Å². The van der Waals surface area contributed by atoms with E-state index in [1.165, 1.54) is 12.1 Å². The molecule has 0 aromatic heterocycles. The molecule has 0 bridgehead atoms.